The summed E-state index contributed by atoms with van der Waals surface area (Å²) in [4.78, 5) is 11.5. The Kier molecular flexibility index (Phi) is 5.20. The minimum Gasteiger partial charge on any atom is -0.465 e. The highest BCUT2D eigenvalue weighted by atomic mass is 16.5. The van der Waals surface area contributed by atoms with Gasteiger partial charge >= 0.3 is 5.97 Å². The third-order valence-electron chi connectivity index (χ3n) is 3.59. The van der Waals surface area contributed by atoms with Crippen molar-refractivity contribution >= 4 is 5.97 Å². The number of allylic oxidation sites excluding steroid dienone is 1. The standard InChI is InChI=1S/C14H23NO3/c1-2-17-14(16)12-10-18-13(15-12)9-8-11-6-4-3-5-7-11/h8-9,11-13,15H,2-7,10H2,1H3/b9-8+. The molecule has 2 atom stereocenters. The zero-order valence-corrected chi connectivity index (χ0v) is 11.1. The van der Waals surface area contributed by atoms with Crippen molar-refractivity contribution in [1.29, 1.82) is 0 Å². The van der Waals surface area contributed by atoms with Gasteiger partial charge in [-0.15, -0.1) is 0 Å². The molecule has 0 aromatic carbocycles. The van der Waals surface area contributed by atoms with Crippen molar-refractivity contribution in [3.05, 3.63) is 12.2 Å². The molecule has 0 radical (unpaired) electrons. The van der Waals surface area contributed by atoms with Crippen LogP contribution in [-0.2, 0) is 14.3 Å². The van der Waals surface area contributed by atoms with Gasteiger partial charge in [-0.05, 0) is 31.8 Å². The van der Waals surface area contributed by atoms with Crippen LogP contribution >= 0.6 is 0 Å². The number of hydrogen-bond donors (Lipinski definition) is 1. The zero-order chi connectivity index (χ0) is 12.8. The number of esters is 1. The molecule has 0 bridgehead atoms. The summed E-state index contributed by atoms with van der Waals surface area (Å²) in [5, 5.41) is 3.13. The molecule has 2 fully saturated rings. The van der Waals surface area contributed by atoms with Crippen LogP contribution in [0.1, 0.15) is 39.0 Å². The van der Waals surface area contributed by atoms with E-state index >= 15 is 0 Å². The van der Waals surface area contributed by atoms with E-state index in [0.29, 0.717) is 19.1 Å². The quantitative estimate of drug-likeness (QED) is 0.615. The number of carbonyl (C=O) groups excluding carboxylic acids is 1. The summed E-state index contributed by atoms with van der Waals surface area (Å²) < 4.78 is 10.5. The van der Waals surface area contributed by atoms with E-state index in [1.807, 2.05) is 6.92 Å². The van der Waals surface area contributed by atoms with Gasteiger partial charge in [0.05, 0.1) is 13.2 Å². The van der Waals surface area contributed by atoms with Crippen LogP contribution in [-0.4, -0.2) is 31.5 Å². The second kappa shape index (κ2) is 6.90. The van der Waals surface area contributed by atoms with E-state index in [4.69, 9.17) is 9.47 Å². The Balaban J connectivity index is 1.74. The highest BCUT2D eigenvalue weighted by molar-refractivity contribution is 5.76. The van der Waals surface area contributed by atoms with Crippen molar-refractivity contribution in [2.75, 3.05) is 13.2 Å². The summed E-state index contributed by atoms with van der Waals surface area (Å²) in [5.74, 6) is 0.469. The minimum absolute atomic E-state index is 0.138. The number of hydrogen-bond acceptors (Lipinski definition) is 4. The molecule has 1 heterocycles. The molecule has 2 aliphatic rings. The molecular formula is C14H23NO3. The molecular weight excluding hydrogens is 230 g/mol. The van der Waals surface area contributed by atoms with Gasteiger partial charge in [0.15, 0.2) is 0 Å². The van der Waals surface area contributed by atoms with Crippen molar-refractivity contribution in [2.24, 2.45) is 5.92 Å². The lowest BCUT2D eigenvalue weighted by Crippen LogP contribution is -2.37. The Morgan fingerprint density at radius 1 is 1.33 bits per heavy atom. The monoisotopic (exact) mass is 253 g/mol. The van der Waals surface area contributed by atoms with Gasteiger partial charge in [0, 0.05) is 0 Å². The second-order valence-electron chi connectivity index (χ2n) is 5.01. The number of nitrogens with one attached hydrogen (secondary N) is 1. The van der Waals surface area contributed by atoms with Crippen LogP contribution in [0.4, 0.5) is 0 Å². The van der Waals surface area contributed by atoms with Gasteiger partial charge < -0.3 is 9.47 Å². The summed E-state index contributed by atoms with van der Waals surface area (Å²) in [6.07, 6.45) is 10.8. The summed E-state index contributed by atoms with van der Waals surface area (Å²) in [6.45, 7) is 2.63. The highest BCUT2D eigenvalue weighted by Gasteiger charge is 2.29. The lowest BCUT2D eigenvalue weighted by atomic mass is 9.89. The van der Waals surface area contributed by atoms with E-state index in [0.717, 1.165) is 0 Å². The van der Waals surface area contributed by atoms with Crippen molar-refractivity contribution in [3.8, 4) is 0 Å². The van der Waals surface area contributed by atoms with Crippen LogP contribution < -0.4 is 5.32 Å². The first-order valence-electron chi connectivity index (χ1n) is 7.02. The lowest BCUT2D eigenvalue weighted by Gasteiger charge is -2.18. The first kappa shape index (κ1) is 13.6. The molecule has 1 aliphatic heterocycles. The number of ether oxygens (including phenoxy) is 2. The fourth-order valence-corrected chi connectivity index (χ4v) is 2.57. The van der Waals surface area contributed by atoms with E-state index in [2.05, 4.69) is 17.5 Å². The van der Waals surface area contributed by atoms with Crippen molar-refractivity contribution in [1.82, 2.24) is 5.32 Å². The van der Waals surface area contributed by atoms with Crippen LogP contribution in [0.2, 0.25) is 0 Å². The van der Waals surface area contributed by atoms with Crippen LogP contribution in [0, 0.1) is 5.92 Å². The Hall–Kier alpha value is -0.870. The fraction of sp³-hybridized carbons (Fsp3) is 0.786. The number of carbonyl (C=O) groups is 1. The molecule has 0 aromatic rings. The summed E-state index contributed by atoms with van der Waals surface area (Å²) in [5.41, 5.74) is 0. The molecule has 0 spiro atoms. The van der Waals surface area contributed by atoms with E-state index in [-0.39, 0.29) is 18.2 Å². The molecule has 1 N–H and O–H groups in total. The maximum absolute atomic E-state index is 11.5. The van der Waals surface area contributed by atoms with E-state index in [1.54, 1.807) is 0 Å². The SMILES string of the molecule is CCOC(=O)C1COC(/C=C/C2CCCCC2)N1. The zero-order valence-electron chi connectivity index (χ0n) is 11.1. The summed E-state index contributed by atoms with van der Waals surface area (Å²) in [6, 6.07) is -0.314. The van der Waals surface area contributed by atoms with Gasteiger partial charge in [0.2, 0.25) is 0 Å². The maximum Gasteiger partial charge on any atom is 0.325 e. The van der Waals surface area contributed by atoms with E-state index in [9.17, 15) is 4.79 Å². The topological polar surface area (TPSA) is 47.6 Å². The molecule has 1 saturated heterocycles. The van der Waals surface area contributed by atoms with Gasteiger partial charge in [0.25, 0.3) is 0 Å². The summed E-state index contributed by atoms with van der Waals surface area (Å²) in [7, 11) is 0. The largest absolute Gasteiger partial charge is 0.465 e. The fourth-order valence-electron chi connectivity index (χ4n) is 2.57. The van der Waals surface area contributed by atoms with Crippen LogP contribution in [0.5, 0.6) is 0 Å². The Labute approximate surface area is 109 Å². The van der Waals surface area contributed by atoms with Gasteiger partial charge in [-0.25, -0.2) is 0 Å². The van der Waals surface area contributed by atoms with Gasteiger partial charge in [-0.2, -0.15) is 0 Å². The molecule has 1 aliphatic carbocycles. The van der Waals surface area contributed by atoms with Crippen molar-refractivity contribution in [3.63, 3.8) is 0 Å². The lowest BCUT2D eigenvalue weighted by molar-refractivity contribution is -0.145. The predicted molar refractivity (Wildman–Crippen MR) is 69.0 cm³/mol. The predicted octanol–water partition coefficient (Wildman–Crippen LogP) is 2.00. The summed E-state index contributed by atoms with van der Waals surface area (Å²) >= 11 is 0. The van der Waals surface area contributed by atoms with E-state index < -0.39 is 0 Å². The first-order chi connectivity index (χ1) is 8.79. The Morgan fingerprint density at radius 2 is 2.11 bits per heavy atom. The van der Waals surface area contributed by atoms with Crippen LogP contribution in [0.25, 0.3) is 0 Å². The molecule has 4 heteroatoms. The third-order valence-corrected chi connectivity index (χ3v) is 3.59. The molecule has 2 unspecified atom stereocenters. The smallest absolute Gasteiger partial charge is 0.325 e. The Morgan fingerprint density at radius 3 is 2.83 bits per heavy atom. The van der Waals surface area contributed by atoms with E-state index in [1.165, 1.54) is 32.1 Å². The second-order valence-corrected chi connectivity index (χ2v) is 5.01. The molecule has 4 nitrogen and oxygen atoms in total. The highest BCUT2D eigenvalue weighted by Crippen LogP contribution is 2.24. The molecule has 1 saturated carbocycles. The minimum atomic E-state index is -0.314. The molecule has 2 rings (SSSR count). The van der Waals surface area contributed by atoms with Crippen molar-refractivity contribution < 1.29 is 14.3 Å². The molecule has 0 amide bonds. The average Bonchev–Trinajstić information content (AvgIpc) is 2.87. The molecule has 18 heavy (non-hydrogen) atoms. The normalized spacial score (nSPS) is 29.8. The average molecular weight is 253 g/mol. The molecule has 0 aromatic heterocycles. The maximum atomic E-state index is 11.5. The van der Waals surface area contributed by atoms with Crippen LogP contribution in [0.3, 0.4) is 0 Å². The first-order valence-corrected chi connectivity index (χ1v) is 7.02. The molecule has 102 valence electrons. The van der Waals surface area contributed by atoms with Crippen LogP contribution in [0.15, 0.2) is 12.2 Å². The number of rotatable bonds is 4. The third kappa shape index (κ3) is 3.82. The van der Waals surface area contributed by atoms with Gasteiger partial charge in [-0.3, -0.25) is 10.1 Å². The van der Waals surface area contributed by atoms with Gasteiger partial charge in [-0.1, -0.05) is 25.3 Å². The van der Waals surface area contributed by atoms with Crippen molar-refractivity contribution in [2.45, 2.75) is 51.3 Å². The van der Waals surface area contributed by atoms with Gasteiger partial charge in [0.1, 0.15) is 12.3 Å². The Bertz CT molecular complexity index is 297.